The number of nitrogens with zero attached hydrogens (tertiary/aromatic N) is 1. The van der Waals surface area contributed by atoms with E-state index in [4.69, 9.17) is 11.6 Å². The van der Waals surface area contributed by atoms with Crippen LogP contribution in [0.4, 0.5) is 5.82 Å². The molecule has 4 nitrogen and oxygen atoms in total. The topological polar surface area (TPSA) is 54.0 Å². The Morgan fingerprint density at radius 1 is 1.57 bits per heavy atom. The van der Waals surface area contributed by atoms with Crippen molar-refractivity contribution in [3.63, 3.8) is 0 Å². The summed E-state index contributed by atoms with van der Waals surface area (Å²) in [5, 5.41) is 5.82. The van der Waals surface area contributed by atoms with Crippen LogP contribution in [0.15, 0.2) is 12.1 Å². The lowest BCUT2D eigenvalue weighted by Crippen LogP contribution is -2.18. The summed E-state index contributed by atoms with van der Waals surface area (Å²) >= 11 is 5.76. The maximum atomic E-state index is 11.3. The Kier molecular flexibility index (Phi) is 3.71. The highest BCUT2D eigenvalue weighted by Gasteiger charge is 2.06. The van der Waals surface area contributed by atoms with Crippen LogP contribution in [0.25, 0.3) is 0 Å². The molecule has 1 heterocycles. The van der Waals surface area contributed by atoms with E-state index in [0.717, 1.165) is 6.54 Å². The molecule has 1 aromatic rings. The summed E-state index contributed by atoms with van der Waals surface area (Å²) in [6.45, 7) is 2.68. The Bertz CT molecular complexity index is 341. The molecule has 1 rings (SSSR count). The molecule has 0 aliphatic heterocycles. The average Bonchev–Trinajstić information content (AvgIpc) is 2.16. The van der Waals surface area contributed by atoms with E-state index in [0.29, 0.717) is 16.5 Å². The summed E-state index contributed by atoms with van der Waals surface area (Å²) in [6, 6.07) is 3.19. The molecule has 0 saturated heterocycles. The van der Waals surface area contributed by atoms with Gasteiger partial charge in [0, 0.05) is 19.2 Å². The zero-order valence-corrected chi connectivity index (χ0v) is 8.85. The van der Waals surface area contributed by atoms with Crippen molar-refractivity contribution in [3.05, 3.63) is 22.8 Å². The Hall–Kier alpha value is -1.29. The molecular formula is C9H12ClN3O. The molecule has 0 bridgehead atoms. The SMILES string of the molecule is CCNc1cc(C(=O)NC)cc(Cl)n1. The van der Waals surface area contributed by atoms with E-state index in [1.807, 2.05) is 6.92 Å². The molecule has 0 fully saturated rings. The van der Waals surface area contributed by atoms with Crippen LogP contribution in [0.2, 0.25) is 5.15 Å². The van der Waals surface area contributed by atoms with Gasteiger partial charge in [-0.25, -0.2) is 4.98 Å². The minimum atomic E-state index is -0.173. The lowest BCUT2D eigenvalue weighted by atomic mass is 10.2. The predicted octanol–water partition coefficient (Wildman–Crippen LogP) is 1.53. The predicted molar refractivity (Wildman–Crippen MR) is 56.8 cm³/mol. The number of hydrogen-bond acceptors (Lipinski definition) is 3. The summed E-state index contributed by atoms with van der Waals surface area (Å²) in [5.41, 5.74) is 0.503. The molecule has 0 atom stereocenters. The normalized spacial score (nSPS) is 9.64. The van der Waals surface area contributed by atoms with Crippen molar-refractivity contribution < 1.29 is 4.79 Å². The van der Waals surface area contributed by atoms with Crippen LogP contribution < -0.4 is 10.6 Å². The Labute approximate surface area is 87.7 Å². The second kappa shape index (κ2) is 4.81. The number of hydrogen-bond donors (Lipinski definition) is 2. The van der Waals surface area contributed by atoms with E-state index >= 15 is 0 Å². The fraction of sp³-hybridized carbons (Fsp3) is 0.333. The Morgan fingerprint density at radius 3 is 2.86 bits per heavy atom. The molecule has 0 aromatic carbocycles. The van der Waals surface area contributed by atoms with Gasteiger partial charge in [-0.1, -0.05) is 11.6 Å². The van der Waals surface area contributed by atoms with Crippen molar-refractivity contribution in [2.45, 2.75) is 6.92 Å². The van der Waals surface area contributed by atoms with Gasteiger partial charge in [0.2, 0.25) is 0 Å². The summed E-state index contributed by atoms with van der Waals surface area (Å²) in [5.74, 6) is 0.437. The second-order valence-electron chi connectivity index (χ2n) is 2.67. The van der Waals surface area contributed by atoms with Gasteiger partial charge in [0.1, 0.15) is 11.0 Å². The first-order valence-corrected chi connectivity index (χ1v) is 4.68. The highest BCUT2D eigenvalue weighted by atomic mass is 35.5. The third kappa shape index (κ3) is 2.60. The van der Waals surface area contributed by atoms with Crippen LogP contribution in [-0.4, -0.2) is 24.5 Å². The monoisotopic (exact) mass is 213 g/mol. The van der Waals surface area contributed by atoms with Crippen LogP contribution in [0.1, 0.15) is 17.3 Å². The molecule has 0 aliphatic carbocycles. The molecule has 76 valence electrons. The summed E-state index contributed by atoms with van der Waals surface area (Å²) in [7, 11) is 1.57. The van der Waals surface area contributed by atoms with Crippen molar-refractivity contribution in [1.82, 2.24) is 10.3 Å². The van der Waals surface area contributed by atoms with Crippen molar-refractivity contribution in [2.75, 3.05) is 18.9 Å². The Balaban J connectivity index is 3.00. The highest BCUT2D eigenvalue weighted by Crippen LogP contribution is 2.14. The minimum absolute atomic E-state index is 0.173. The molecule has 0 radical (unpaired) electrons. The zero-order valence-electron chi connectivity index (χ0n) is 8.10. The summed E-state index contributed by atoms with van der Waals surface area (Å²) in [4.78, 5) is 15.3. The molecular weight excluding hydrogens is 202 g/mol. The van der Waals surface area contributed by atoms with E-state index in [-0.39, 0.29) is 5.91 Å². The number of carbonyl (C=O) groups excluding carboxylic acids is 1. The van der Waals surface area contributed by atoms with Crippen LogP contribution in [0, 0.1) is 0 Å². The van der Waals surface area contributed by atoms with Gasteiger partial charge in [0.25, 0.3) is 5.91 Å². The van der Waals surface area contributed by atoms with Gasteiger partial charge in [-0.3, -0.25) is 4.79 Å². The first kappa shape index (κ1) is 10.8. The highest BCUT2D eigenvalue weighted by molar-refractivity contribution is 6.29. The van der Waals surface area contributed by atoms with E-state index < -0.39 is 0 Å². The van der Waals surface area contributed by atoms with Gasteiger partial charge in [0.15, 0.2) is 0 Å². The molecule has 2 N–H and O–H groups in total. The number of aromatic nitrogens is 1. The lowest BCUT2D eigenvalue weighted by molar-refractivity contribution is 0.0963. The maximum absolute atomic E-state index is 11.3. The smallest absolute Gasteiger partial charge is 0.251 e. The molecule has 1 aromatic heterocycles. The third-order valence-corrected chi connectivity index (χ3v) is 1.83. The number of carbonyl (C=O) groups is 1. The molecule has 5 heteroatoms. The van der Waals surface area contributed by atoms with E-state index in [1.165, 1.54) is 6.07 Å². The third-order valence-electron chi connectivity index (χ3n) is 1.64. The Morgan fingerprint density at radius 2 is 2.29 bits per heavy atom. The van der Waals surface area contributed by atoms with Crippen LogP contribution in [0.5, 0.6) is 0 Å². The molecule has 14 heavy (non-hydrogen) atoms. The minimum Gasteiger partial charge on any atom is -0.370 e. The van der Waals surface area contributed by atoms with Gasteiger partial charge >= 0.3 is 0 Å². The van der Waals surface area contributed by atoms with Crippen molar-refractivity contribution in [2.24, 2.45) is 0 Å². The standard InChI is InChI=1S/C9H12ClN3O/c1-3-12-8-5-6(9(14)11-2)4-7(10)13-8/h4-5H,3H2,1-2H3,(H,11,14)(H,12,13). The summed E-state index contributed by atoms with van der Waals surface area (Å²) in [6.07, 6.45) is 0. The quantitative estimate of drug-likeness (QED) is 0.749. The van der Waals surface area contributed by atoms with Gasteiger partial charge < -0.3 is 10.6 Å². The lowest BCUT2D eigenvalue weighted by Gasteiger charge is -2.05. The first-order valence-electron chi connectivity index (χ1n) is 4.31. The maximum Gasteiger partial charge on any atom is 0.251 e. The summed E-state index contributed by atoms with van der Waals surface area (Å²) < 4.78 is 0. The molecule has 0 saturated carbocycles. The van der Waals surface area contributed by atoms with E-state index in [1.54, 1.807) is 13.1 Å². The molecule has 1 amide bonds. The molecule has 0 unspecified atom stereocenters. The van der Waals surface area contributed by atoms with Crippen LogP contribution >= 0.6 is 11.6 Å². The fourth-order valence-electron chi connectivity index (χ4n) is 1.04. The number of anilines is 1. The number of pyridine rings is 1. The van der Waals surface area contributed by atoms with Crippen LogP contribution in [0.3, 0.4) is 0 Å². The van der Waals surface area contributed by atoms with Crippen molar-refractivity contribution in [1.29, 1.82) is 0 Å². The average molecular weight is 214 g/mol. The van der Waals surface area contributed by atoms with Gasteiger partial charge in [-0.2, -0.15) is 0 Å². The largest absolute Gasteiger partial charge is 0.370 e. The number of halogens is 1. The zero-order chi connectivity index (χ0) is 10.6. The number of amides is 1. The first-order chi connectivity index (χ1) is 6.67. The number of nitrogens with one attached hydrogen (secondary N) is 2. The molecule has 0 aliphatic rings. The van der Waals surface area contributed by atoms with E-state index in [2.05, 4.69) is 15.6 Å². The number of rotatable bonds is 3. The van der Waals surface area contributed by atoms with Gasteiger partial charge in [0.05, 0.1) is 0 Å². The van der Waals surface area contributed by atoms with Crippen LogP contribution in [-0.2, 0) is 0 Å². The second-order valence-corrected chi connectivity index (χ2v) is 3.06. The van der Waals surface area contributed by atoms with Crippen molar-refractivity contribution in [3.8, 4) is 0 Å². The molecule has 0 spiro atoms. The fourth-order valence-corrected chi connectivity index (χ4v) is 1.25. The van der Waals surface area contributed by atoms with Gasteiger partial charge in [-0.15, -0.1) is 0 Å². The van der Waals surface area contributed by atoms with Crippen molar-refractivity contribution >= 4 is 23.3 Å². The van der Waals surface area contributed by atoms with Gasteiger partial charge in [-0.05, 0) is 19.1 Å². The van der Waals surface area contributed by atoms with E-state index in [9.17, 15) is 4.79 Å².